The summed E-state index contributed by atoms with van der Waals surface area (Å²) in [6, 6.07) is 9.07. The summed E-state index contributed by atoms with van der Waals surface area (Å²) in [7, 11) is 0. The first-order chi connectivity index (χ1) is 13.7. The monoisotopic (exact) mass is 380 g/mol. The highest BCUT2D eigenvalue weighted by Crippen LogP contribution is 2.24. The molecule has 0 spiro atoms. The lowest BCUT2D eigenvalue weighted by Gasteiger charge is -2.43. The van der Waals surface area contributed by atoms with Crippen LogP contribution in [0, 0.1) is 6.92 Å². The number of piperazine rings is 1. The quantitative estimate of drug-likeness (QED) is 0.795. The van der Waals surface area contributed by atoms with Gasteiger partial charge in [-0.3, -0.25) is 4.90 Å². The summed E-state index contributed by atoms with van der Waals surface area (Å²) < 4.78 is 0. The van der Waals surface area contributed by atoms with Gasteiger partial charge in [0.25, 0.3) is 0 Å². The van der Waals surface area contributed by atoms with Gasteiger partial charge in [-0.05, 0) is 38.3 Å². The standard InChI is InChI=1S/C22H32N6/c1-3-6-19-17-22(25-18(2)24-19)27-11-8-20(9-12-27)26-13-15-28(16-14-26)21-7-4-5-10-23-21/h4-5,7,10,17,20H,3,6,8-9,11-16H2,1-2H3. The van der Waals surface area contributed by atoms with Crippen molar-refractivity contribution in [1.29, 1.82) is 0 Å². The summed E-state index contributed by atoms with van der Waals surface area (Å²) in [5.74, 6) is 3.13. The van der Waals surface area contributed by atoms with E-state index in [1.807, 2.05) is 19.2 Å². The molecule has 2 aromatic heterocycles. The lowest BCUT2D eigenvalue weighted by molar-refractivity contribution is 0.159. The number of anilines is 2. The lowest BCUT2D eigenvalue weighted by Crippen LogP contribution is -2.53. The van der Waals surface area contributed by atoms with E-state index in [1.54, 1.807) is 0 Å². The van der Waals surface area contributed by atoms with E-state index in [2.05, 4.69) is 49.8 Å². The highest BCUT2D eigenvalue weighted by molar-refractivity contribution is 5.41. The average molecular weight is 381 g/mol. The number of hydrogen-bond donors (Lipinski definition) is 0. The van der Waals surface area contributed by atoms with Crippen molar-refractivity contribution in [3.05, 3.63) is 42.0 Å². The van der Waals surface area contributed by atoms with Crippen LogP contribution in [-0.4, -0.2) is 65.2 Å². The van der Waals surface area contributed by atoms with E-state index < -0.39 is 0 Å². The largest absolute Gasteiger partial charge is 0.356 e. The Kier molecular flexibility index (Phi) is 6.05. The van der Waals surface area contributed by atoms with Gasteiger partial charge in [0.1, 0.15) is 17.5 Å². The topological polar surface area (TPSA) is 48.4 Å². The molecule has 0 aliphatic carbocycles. The first-order valence-electron chi connectivity index (χ1n) is 10.7. The lowest BCUT2D eigenvalue weighted by atomic mass is 10.0. The summed E-state index contributed by atoms with van der Waals surface area (Å²) in [5, 5.41) is 0. The molecule has 28 heavy (non-hydrogen) atoms. The highest BCUT2D eigenvalue weighted by Gasteiger charge is 2.28. The van der Waals surface area contributed by atoms with Crippen molar-refractivity contribution in [3.63, 3.8) is 0 Å². The van der Waals surface area contributed by atoms with Gasteiger partial charge < -0.3 is 9.80 Å². The van der Waals surface area contributed by atoms with Crippen LogP contribution < -0.4 is 9.80 Å². The molecular weight excluding hydrogens is 348 g/mol. The van der Waals surface area contributed by atoms with E-state index in [1.165, 1.54) is 18.5 Å². The second-order valence-electron chi connectivity index (χ2n) is 7.94. The van der Waals surface area contributed by atoms with Gasteiger partial charge in [-0.1, -0.05) is 19.4 Å². The molecule has 2 fully saturated rings. The van der Waals surface area contributed by atoms with Crippen LogP contribution in [-0.2, 0) is 6.42 Å². The molecule has 0 radical (unpaired) electrons. The molecule has 4 rings (SSSR count). The van der Waals surface area contributed by atoms with Crippen LogP contribution in [0.5, 0.6) is 0 Å². The number of aryl methyl sites for hydroxylation is 2. The zero-order chi connectivity index (χ0) is 19.3. The minimum Gasteiger partial charge on any atom is -0.356 e. The normalized spacial score (nSPS) is 19.2. The number of pyridine rings is 1. The minimum absolute atomic E-state index is 0.695. The average Bonchev–Trinajstić information content (AvgIpc) is 2.74. The fourth-order valence-electron chi connectivity index (χ4n) is 4.48. The first-order valence-corrected chi connectivity index (χ1v) is 10.7. The third kappa shape index (κ3) is 4.43. The third-order valence-corrected chi connectivity index (χ3v) is 5.98. The molecule has 150 valence electrons. The Bertz CT molecular complexity index is 749. The van der Waals surface area contributed by atoms with Gasteiger partial charge >= 0.3 is 0 Å². The third-order valence-electron chi connectivity index (χ3n) is 5.98. The maximum Gasteiger partial charge on any atom is 0.132 e. The van der Waals surface area contributed by atoms with Gasteiger partial charge in [-0.25, -0.2) is 15.0 Å². The Labute approximate surface area is 168 Å². The second-order valence-corrected chi connectivity index (χ2v) is 7.94. The van der Waals surface area contributed by atoms with Crippen LogP contribution in [0.15, 0.2) is 30.5 Å². The van der Waals surface area contributed by atoms with Gasteiger partial charge in [0.05, 0.1) is 0 Å². The Balaban J connectivity index is 1.30. The summed E-state index contributed by atoms with van der Waals surface area (Å²) in [6.45, 7) is 10.8. The van der Waals surface area contributed by atoms with Crippen molar-refractivity contribution >= 4 is 11.6 Å². The maximum atomic E-state index is 4.71. The van der Waals surface area contributed by atoms with E-state index in [-0.39, 0.29) is 0 Å². The van der Waals surface area contributed by atoms with E-state index in [0.717, 1.165) is 69.6 Å². The number of nitrogens with zero attached hydrogens (tertiary/aromatic N) is 6. The fraction of sp³-hybridized carbons (Fsp3) is 0.591. The van der Waals surface area contributed by atoms with Crippen LogP contribution in [0.25, 0.3) is 0 Å². The fourth-order valence-corrected chi connectivity index (χ4v) is 4.48. The molecule has 0 saturated carbocycles. The van der Waals surface area contributed by atoms with Crippen molar-refractivity contribution < 1.29 is 0 Å². The van der Waals surface area contributed by atoms with Crippen molar-refractivity contribution in [3.8, 4) is 0 Å². The van der Waals surface area contributed by atoms with Gasteiger partial charge in [-0.15, -0.1) is 0 Å². The molecule has 0 N–H and O–H groups in total. The van der Waals surface area contributed by atoms with Crippen LogP contribution >= 0.6 is 0 Å². The summed E-state index contributed by atoms with van der Waals surface area (Å²) in [5.41, 5.74) is 1.18. The molecule has 2 aromatic rings. The molecule has 2 aliphatic rings. The molecule has 6 heteroatoms. The molecule has 6 nitrogen and oxygen atoms in total. The van der Waals surface area contributed by atoms with E-state index >= 15 is 0 Å². The van der Waals surface area contributed by atoms with E-state index in [9.17, 15) is 0 Å². The number of piperidine rings is 1. The van der Waals surface area contributed by atoms with Crippen molar-refractivity contribution in [2.24, 2.45) is 0 Å². The Hall–Kier alpha value is -2.21. The Morgan fingerprint density at radius 3 is 2.36 bits per heavy atom. The zero-order valence-electron chi connectivity index (χ0n) is 17.2. The predicted molar refractivity (Wildman–Crippen MR) is 114 cm³/mol. The molecule has 4 heterocycles. The van der Waals surface area contributed by atoms with E-state index in [4.69, 9.17) is 4.98 Å². The molecule has 0 amide bonds. The van der Waals surface area contributed by atoms with Gasteiger partial charge in [0.15, 0.2) is 0 Å². The Morgan fingerprint density at radius 1 is 0.929 bits per heavy atom. The molecular formula is C22H32N6. The minimum atomic E-state index is 0.695. The van der Waals surface area contributed by atoms with Crippen LogP contribution in [0.1, 0.15) is 37.7 Å². The molecule has 0 aromatic carbocycles. The smallest absolute Gasteiger partial charge is 0.132 e. The van der Waals surface area contributed by atoms with Crippen LogP contribution in [0.3, 0.4) is 0 Å². The number of rotatable bonds is 5. The van der Waals surface area contributed by atoms with Crippen LogP contribution in [0.2, 0.25) is 0 Å². The first kappa shape index (κ1) is 19.1. The zero-order valence-corrected chi connectivity index (χ0v) is 17.2. The second kappa shape index (κ2) is 8.86. The summed E-state index contributed by atoms with van der Waals surface area (Å²) in [4.78, 5) is 21.3. The predicted octanol–water partition coefficient (Wildman–Crippen LogP) is 2.92. The van der Waals surface area contributed by atoms with Crippen LogP contribution in [0.4, 0.5) is 11.6 Å². The molecule has 0 atom stereocenters. The van der Waals surface area contributed by atoms with Crippen molar-refractivity contribution in [2.45, 2.75) is 45.6 Å². The van der Waals surface area contributed by atoms with Gasteiger partial charge in [0, 0.05) is 63.3 Å². The molecule has 2 aliphatic heterocycles. The Morgan fingerprint density at radius 2 is 1.68 bits per heavy atom. The summed E-state index contributed by atoms with van der Waals surface area (Å²) >= 11 is 0. The molecule has 0 bridgehead atoms. The molecule has 2 saturated heterocycles. The van der Waals surface area contributed by atoms with Gasteiger partial charge in [0.2, 0.25) is 0 Å². The summed E-state index contributed by atoms with van der Waals surface area (Å²) in [6.07, 6.45) is 6.49. The van der Waals surface area contributed by atoms with E-state index in [0.29, 0.717) is 6.04 Å². The SMILES string of the molecule is CCCc1cc(N2CCC(N3CCN(c4ccccn4)CC3)CC2)nc(C)n1. The number of aromatic nitrogens is 3. The highest BCUT2D eigenvalue weighted by atomic mass is 15.3. The number of hydrogen-bond acceptors (Lipinski definition) is 6. The molecule has 0 unspecified atom stereocenters. The maximum absolute atomic E-state index is 4.71. The van der Waals surface area contributed by atoms with Crippen molar-refractivity contribution in [2.75, 3.05) is 49.1 Å². The van der Waals surface area contributed by atoms with Crippen molar-refractivity contribution in [1.82, 2.24) is 19.9 Å². The van der Waals surface area contributed by atoms with Gasteiger partial charge in [-0.2, -0.15) is 0 Å².